The second-order valence-electron chi connectivity index (χ2n) is 6.03. The van der Waals surface area contributed by atoms with Crippen molar-refractivity contribution in [3.8, 4) is 0 Å². The molecule has 114 valence electrons. The second kappa shape index (κ2) is 6.26. The zero-order valence-corrected chi connectivity index (χ0v) is 13.1. The molecule has 1 unspecified atom stereocenters. The highest BCUT2D eigenvalue weighted by atomic mass is 16.5. The molecule has 1 atom stereocenters. The molecule has 0 radical (unpaired) electrons. The number of rotatable bonds is 4. The van der Waals surface area contributed by atoms with Gasteiger partial charge in [0.2, 0.25) is 0 Å². The summed E-state index contributed by atoms with van der Waals surface area (Å²) in [5.41, 5.74) is 1.06. The van der Waals surface area contributed by atoms with Crippen molar-refractivity contribution in [2.75, 3.05) is 19.0 Å². The van der Waals surface area contributed by atoms with Gasteiger partial charge >= 0.3 is 6.03 Å². The average Bonchev–Trinajstić information content (AvgIpc) is 2.69. The second-order valence-corrected chi connectivity index (χ2v) is 6.03. The summed E-state index contributed by atoms with van der Waals surface area (Å²) < 4.78 is 5.15. The van der Waals surface area contributed by atoms with Gasteiger partial charge in [0.25, 0.3) is 0 Å². The lowest BCUT2D eigenvalue weighted by atomic mass is 9.86. The molecule has 1 aromatic heterocycles. The van der Waals surface area contributed by atoms with E-state index in [0.29, 0.717) is 23.6 Å². The van der Waals surface area contributed by atoms with Crippen LogP contribution in [-0.4, -0.2) is 40.9 Å². The first-order valence-electron chi connectivity index (χ1n) is 6.82. The van der Waals surface area contributed by atoms with Crippen molar-refractivity contribution in [3.63, 3.8) is 0 Å². The van der Waals surface area contributed by atoms with Gasteiger partial charge in [-0.15, -0.1) is 0 Å². The molecule has 0 saturated heterocycles. The van der Waals surface area contributed by atoms with Crippen LogP contribution in [0.4, 0.5) is 10.5 Å². The number of nitrogens with zero attached hydrogens (tertiary/aromatic N) is 2. The summed E-state index contributed by atoms with van der Waals surface area (Å²) in [5, 5.41) is 16.2. The molecule has 6 nitrogen and oxygen atoms in total. The third kappa shape index (κ3) is 3.50. The number of hydrogen-bond acceptors (Lipinski definition) is 4. The first-order valence-corrected chi connectivity index (χ1v) is 6.82. The van der Waals surface area contributed by atoms with Crippen molar-refractivity contribution in [3.05, 3.63) is 11.5 Å². The number of anilines is 1. The van der Waals surface area contributed by atoms with Gasteiger partial charge in [0.15, 0.2) is 5.76 Å². The molecule has 2 amide bonds. The number of aromatic nitrogens is 1. The lowest BCUT2D eigenvalue weighted by molar-refractivity contribution is 0.0885. The Morgan fingerprint density at radius 1 is 1.50 bits per heavy atom. The van der Waals surface area contributed by atoms with Crippen molar-refractivity contribution >= 4 is 11.7 Å². The van der Waals surface area contributed by atoms with Gasteiger partial charge in [0, 0.05) is 13.5 Å². The molecule has 6 heteroatoms. The molecule has 1 rings (SSSR count). The smallest absolute Gasteiger partial charge is 0.322 e. The minimum Gasteiger partial charge on any atom is -0.394 e. The Morgan fingerprint density at radius 2 is 2.10 bits per heavy atom. The summed E-state index contributed by atoms with van der Waals surface area (Å²) in [5.74, 6) is 0.653. The normalized spacial score (nSPS) is 13.2. The maximum Gasteiger partial charge on any atom is 0.322 e. The summed E-state index contributed by atoms with van der Waals surface area (Å²) in [7, 11) is 1.68. The van der Waals surface area contributed by atoms with E-state index in [0.717, 1.165) is 0 Å². The molecular formula is C14H25N3O3. The molecule has 0 aliphatic rings. The number of urea groups is 1. The average molecular weight is 283 g/mol. The fourth-order valence-electron chi connectivity index (χ4n) is 2.13. The molecule has 0 saturated carbocycles. The minimum absolute atomic E-state index is 0.0866. The first kappa shape index (κ1) is 16.5. The third-order valence-corrected chi connectivity index (χ3v) is 3.45. The number of carbonyl (C=O) groups is 1. The molecule has 0 bridgehead atoms. The summed E-state index contributed by atoms with van der Waals surface area (Å²) >= 11 is 0. The van der Waals surface area contributed by atoms with Crippen molar-refractivity contribution in [2.24, 2.45) is 5.41 Å². The molecule has 20 heavy (non-hydrogen) atoms. The van der Waals surface area contributed by atoms with Crippen LogP contribution in [0.15, 0.2) is 4.52 Å². The molecule has 2 N–H and O–H groups in total. The van der Waals surface area contributed by atoms with Gasteiger partial charge < -0.3 is 19.8 Å². The van der Waals surface area contributed by atoms with Crippen LogP contribution in [0.3, 0.4) is 0 Å². The van der Waals surface area contributed by atoms with Gasteiger partial charge in [-0.1, -0.05) is 32.9 Å². The Bertz CT molecular complexity index is 463. The van der Waals surface area contributed by atoms with Crippen LogP contribution in [0.2, 0.25) is 0 Å². The summed E-state index contributed by atoms with van der Waals surface area (Å²) in [6, 6.07) is -0.548. The number of nitrogens with one attached hydrogen (secondary N) is 1. The van der Waals surface area contributed by atoms with Crippen LogP contribution in [0.25, 0.3) is 0 Å². The topological polar surface area (TPSA) is 78.6 Å². The van der Waals surface area contributed by atoms with Crippen molar-refractivity contribution in [1.29, 1.82) is 0 Å². The predicted octanol–water partition coefficient (Wildman–Crippen LogP) is 2.42. The van der Waals surface area contributed by atoms with E-state index in [9.17, 15) is 9.90 Å². The number of aryl methyl sites for hydroxylation is 2. The van der Waals surface area contributed by atoms with E-state index in [1.54, 1.807) is 14.0 Å². The molecule has 0 aliphatic carbocycles. The fourth-order valence-corrected chi connectivity index (χ4v) is 2.13. The number of hydrogen-bond donors (Lipinski definition) is 2. The highest BCUT2D eigenvalue weighted by molar-refractivity contribution is 5.90. The predicted molar refractivity (Wildman–Crippen MR) is 77.7 cm³/mol. The van der Waals surface area contributed by atoms with Crippen LogP contribution in [0.5, 0.6) is 0 Å². The summed E-state index contributed by atoms with van der Waals surface area (Å²) in [6.45, 7) is 9.59. The van der Waals surface area contributed by atoms with Crippen molar-refractivity contribution < 1.29 is 14.4 Å². The van der Waals surface area contributed by atoms with E-state index in [-0.39, 0.29) is 24.1 Å². The van der Waals surface area contributed by atoms with Gasteiger partial charge in [0.05, 0.1) is 12.6 Å². The van der Waals surface area contributed by atoms with Crippen LogP contribution in [0.1, 0.15) is 39.1 Å². The molecule has 1 heterocycles. The standard InChI is InChI=1S/C14H25N3O3/c1-7-10-12(9(2)16-20-10)15-13(19)17(6)11(8-18)14(3,4)5/h11,18H,7-8H2,1-6H3,(H,15,19). The highest BCUT2D eigenvalue weighted by Gasteiger charge is 2.31. The van der Waals surface area contributed by atoms with Gasteiger partial charge in [-0.2, -0.15) is 0 Å². The lowest BCUT2D eigenvalue weighted by Gasteiger charge is -2.36. The third-order valence-electron chi connectivity index (χ3n) is 3.45. The molecule has 0 aliphatic heterocycles. The molecule has 0 aromatic carbocycles. The molecule has 0 spiro atoms. The van der Waals surface area contributed by atoms with E-state index in [1.807, 2.05) is 27.7 Å². The van der Waals surface area contributed by atoms with E-state index in [4.69, 9.17) is 4.52 Å². The van der Waals surface area contributed by atoms with E-state index >= 15 is 0 Å². The Hall–Kier alpha value is -1.56. The number of aliphatic hydroxyl groups is 1. The number of likely N-dealkylation sites (N-methyl/N-ethyl adjacent to an activating group) is 1. The zero-order valence-electron chi connectivity index (χ0n) is 13.1. The Balaban J connectivity index is 2.87. The van der Waals surface area contributed by atoms with Crippen molar-refractivity contribution in [1.82, 2.24) is 10.1 Å². The Morgan fingerprint density at radius 3 is 2.55 bits per heavy atom. The molecule has 0 fully saturated rings. The SMILES string of the molecule is CCc1onc(C)c1NC(=O)N(C)C(CO)C(C)(C)C. The summed E-state index contributed by atoms with van der Waals surface area (Å²) in [4.78, 5) is 13.8. The summed E-state index contributed by atoms with van der Waals surface area (Å²) in [6.07, 6.45) is 0.656. The number of amides is 2. The van der Waals surface area contributed by atoms with E-state index in [1.165, 1.54) is 4.90 Å². The van der Waals surface area contributed by atoms with E-state index in [2.05, 4.69) is 10.5 Å². The maximum atomic E-state index is 12.3. The van der Waals surface area contributed by atoms with Gasteiger partial charge in [-0.25, -0.2) is 4.79 Å². The van der Waals surface area contributed by atoms with Gasteiger partial charge in [-0.05, 0) is 12.3 Å². The van der Waals surface area contributed by atoms with Crippen LogP contribution < -0.4 is 5.32 Å². The number of carbonyl (C=O) groups excluding carboxylic acids is 1. The van der Waals surface area contributed by atoms with Gasteiger partial charge in [-0.3, -0.25) is 0 Å². The number of aliphatic hydroxyl groups excluding tert-OH is 1. The lowest BCUT2D eigenvalue weighted by Crippen LogP contribution is -2.49. The highest BCUT2D eigenvalue weighted by Crippen LogP contribution is 2.25. The van der Waals surface area contributed by atoms with E-state index < -0.39 is 0 Å². The Labute approximate surface area is 120 Å². The van der Waals surface area contributed by atoms with Crippen LogP contribution in [-0.2, 0) is 6.42 Å². The first-order chi connectivity index (χ1) is 9.22. The molecule has 1 aromatic rings. The van der Waals surface area contributed by atoms with Crippen LogP contribution in [0, 0.1) is 12.3 Å². The van der Waals surface area contributed by atoms with Crippen molar-refractivity contribution in [2.45, 2.75) is 47.1 Å². The Kier molecular flexibility index (Phi) is 5.16. The zero-order chi connectivity index (χ0) is 15.5. The molecular weight excluding hydrogens is 258 g/mol. The fraction of sp³-hybridized carbons (Fsp3) is 0.714. The maximum absolute atomic E-state index is 12.3. The van der Waals surface area contributed by atoms with Crippen LogP contribution >= 0.6 is 0 Å². The van der Waals surface area contributed by atoms with Gasteiger partial charge in [0.1, 0.15) is 11.4 Å². The quantitative estimate of drug-likeness (QED) is 0.889. The monoisotopic (exact) mass is 283 g/mol. The minimum atomic E-state index is -0.278. The largest absolute Gasteiger partial charge is 0.394 e.